The van der Waals surface area contributed by atoms with E-state index in [4.69, 9.17) is 4.74 Å². The molecule has 1 aromatic rings. The Morgan fingerprint density at radius 1 is 1.42 bits per heavy atom. The summed E-state index contributed by atoms with van der Waals surface area (Å²) in [7, 11) is 1.62. The van der Waals surface area contributed by atoms with E-state index in [1.807, 2.05) is 0 Å². The van der Waals surface area contributed by atoms with Gasteiger partial charge in [0, 0.05) is 18.6 Å². The zero-order valence-electron chi connectivity index (χ0n) is 11.1. The van der Waals surface area contributed by atoms with Gasteiger partial charge in [0.25, 0.3) is 0 Å². The summed E-state index contributed by atoms with van der Waals surface area (Å²) in [6, 6.07) is 1.23. The Bertz CT molecular complexity index is 456. The van der Waals surface area contributed by atoms with Crippen molar-refractivity contribution in [3.8, 4) is 5.88 Å². The second-order valence-corrected chi connectivity index (χ2v) is 6.10. The van der Waals surface area contributed by atoms with Crippen molar-refractivity contribution < 1.29 is 4.74 Å². The molecule has 5 nitrogen and oxygen atoms in total. The fourth-order valence-corrected chi connectivity index (χ4v) is 3.46. The molecule has 0 amide bonds. The third kappa shape index (κ3) is 2.84. The molecular weight excluding hydrogens is 308 g/mol. The lowest BCUT2D eigenvalue weighted by Crippen LogP contribution is -2.43. The van der Waals surface area contributed by atoms with Crippen LogP contribution in [0.3, 0.4) is 0 Å². The number of hydrogen-bond donors (Lipinski definition) is 1. The highest BCUT2D eigenvalue weighted by atomic mass is 79.9. The summed E-state index contributed by atoms with van der Waals surface area (Å²) in [6.45, 7) is 2.47. The summed E-state index contributed by atoms with van der Waals surface area (Å²) in [5, 5.41) is 3.45. The number of halogens is 1. The first kappa shape index (κ1) is 13.1. The van der Waals surface area contributed by atoms with Crippen LogP contribution in [0.2, 0.25) is 0 Å². The van der Waals surface area contributed by atoms with Crippen LogP contribution in [-0.4, -0.2) is 47.2 Å². The first-order chi connectivity index (χ1) is 9.26. The highest BCUT2D eigenvalue weighted by Crippen LogP contribution is 2.28. The van der Waals surface area contributed by atoms with Crippen LogP contribution in [0, 0.1) is 0 Å². The Morgan fingerprint density at radius 3 is 3.16 bits per heavy atom. The van der Waals surface area contributed by atoms with Crippen LogP contribution in [0.1, 0.15) is 25.7 Å². The Morgan fingerprint density at radius 2 is 2.32 bits per heavy atom. The highest BCUT2D eigenvalue weighted by molar-refractivity contribution is 9.10. The molecule has 0 radical (unpaired) electrons. The molecule has 104 valence electrons. The maximum Gasteiger partial charge on any atom is 0.232 e. The molecule has 3 rings (SSSR count). The number of hydrogen-bond acceptors (Lipinski definition) is 5. The molecule has 1 N–H and O–H groups in total. The van der Waals surface area contributed by atoms with Crippen LogP contribution in [0.15, 0.2) is 10.7 Å². The molecular formula is C13H19BrN4O. The number of aromatic nitrogens is 2. The summed E-state index contributed by atoms with van der Waals surface area (Å²) in [4.78, 5) is 11.3. The van der Waals surface area contributed by atoms with Crippen LogP contribution in [0.5, 0.6) is 5.88 Å². The molecule has 2 fully saturated rings. The largest absolute Gasteiger partial charge is 0.480 e. The van der Waals surface area contributed by atoms with Gasteiger partial charge in [-0.2, -0.15) is 4.98 Å². The average molecular weight is 327 g/mol. The molecule has 0 bridgehead atoms. The number of methoxy groups -OCH3 is 1. The van der Waals surface area contributed by atoms with Crippen LogP contribution < -0.4 is 10.1 Å². The monoisotopic (exact) mass is 326 g/mol. The molecule has 2 unspecified atom stereocenters. The number of nitrogens with zero attached hydrogens (tertiary/aromatic N) is 3. The van der Waals surface area contributed by atoms with Gasteiger partial charge in [0.1, 0.15) is 0 Å². The lowest BCUT2D eigenvalue weighted by atomic mass is 9.98. The maximum absolute atomic E-state index is 5.20. The van der Waals surface area contributed by atoms with E-state index in [-0.39, 0.29) is 0 Å². The van der Waals surface area contributed by atoms with Gasteiger partial charge in [-0.3, -0.25) is 0 Å². The summed E-state index contributed by atoms with van der Waals surface area (Å²) < 4.78 is 5.98. The molecule has 0 aliphatic carbocycles. The van der Waals surface area contributed by atoms with Gasteiger partial charge in [-0.05, 0) is 48.2 Å². The van der Waals surface area contributed by atoms with Gasteiger partial charge in [0.15, 0.2) is 0 Å². The van der Waals surface area contributed by atoms with Crippen molar-refractivity contribution in [3.05, 3.63) is 10.7 Å². The van der Waals surface area contributed by atoms with Crippen molar-refractivity contribution in [2.75, 3.05) is 25.5 Å². The van der Waals surface area contributed by atoms with E-state index in [0.29, 0.717) is 17.9 Å². The molecule has 2 atom stereocenters. The van der Waals surface area contributed by atoms with E-state index in [2.05, 4.69) is 36.1 Å². The number of nitrogens with one attached hydrogen (secondary N) is 1. The van der Waals surface area contributed by atoms with Crippen molar-refractivity contribution in [1.29, 1.82) is 0 Å². The zero-order chi connectivity index (χ0) is 13.2. The quantitative estimate of drug-likeness (QED) is 0.923. The van der Waals surface area contributed by atoms with Crippen LogP contribution >= 0.6 is 15.9 Å². The summed E-state index contributed by atoms with van der Waals surface area (Å²) in [5.41, 5.74) is 0. The molecule has 19 heavy (non-hydrogen) atoms. The Kier molecular flexibility index (Phi) is 3.88. The Labute approximate surface area is 121 Å². The van der Waals surface area contributed by atoms with Crippen molar-refractivity contribution in [1.82, 2.24) is 14.9 Å². The highest BCUT2D eigenvalue weighted by Gasteiger charge is 2.31. The summed E-state index contributed by atoms with van der Waals surface area (Å²) in [5.74, 6) is 1.24. The molecule has 0 aromatic carbocycles. The van der Waals surface area contributed by atoms with Crippen molar-refractivity contribution in [3.63, 3.8) is 0 Å². The fraction of sp³-hybridized carbons (Fsp3) is 0.692. The second kappa shape index (κ2) is 5.63. The normalized spacial score (nSPS) is 27.1. The van der Waals surface area contributed by atoms with E-state index >= 15 is 0 Å². The minimum absolute atomic E-state index is 0.477. The standard InChI is InChI=1S/C13H19BrN4O/c1-19-12-11(14)8-15-13(17-12)16-9-4-6-18-5-2-3-10(18)7-9/h8-10H,2-7H2,1H3,(H,15,16,17). The predicted octanol–water partition coefficient (Wildman–Crippen LogP) is 2.29. The van der Waals surface area contributed by atoms with E-state index in [9.17, 15) is 0 Å². The van der Waals surface area contributed by atoms with E-state index in [1.54, 1.807) is 13.3 Å². The number of fused-ring (bicyclic) bond motifs is 1. The Hall–Kier alpha value is -0.880. The van der Waals surface area contributed by atoms with Crippen LogP contribution in [-0.2, 0) is 0 Å². The van der Waals surface area contributed by atoms with Crippen molar-refractivity contribution in [2.24, 2.45) is 0 Å². The van der Waals surface area contributed by atoms with Gasteiger partial charge in [0.05, 0.1) is 17.8 Å². The van der Waals surface area contributed by atoms with Crippen LogP contribution in [0.25, 0.3) is 0 Å². The summed E-state index contributed by atoms with van der Waals surface area (Å²) in [6.07, 6.45) is 6.78. The third-order valence-electron chi connectivity index (χ3n) is 4.06. The number of rotatable bonds is 3. The average Bonchev–Trinajstić information content (AvgIpc) is 2.88. The first-order valence-corrected chi connectivity index (χ1v) is 7.62. The second-order valence-electron chi connectivity index (χ2n) is 5.25. The molecule has 0 saturated carbocycles. The first-order valence-electron chi connectivity index (χ1n) is 6.83. The minimum atomic E-state index is 0.477. The topological polar surface area (TPSA) is 50.3 Å². The van der Waals surface area contributed by atoms with Gasteiger partial charge in [-0.15, -0.1) is 0 Å². The predicted molar refractivity (Wildman–Crippen MR) is 77.5 cm³/mol. The molecule has 1 aromatic heterocycles. The van der Waals surface area contributed by atoms with Gasteiger partial charge in [0.2, 0.25) is 11.8 Å². The molecule has 2 saturated heterocycles. The van der Waals surface area contributed by atoms with Gasteiger partial charge >= 0.3 is 0 Å². The number of anilines is 1. The Balaban J connectivity index is 1.65. The van der Waals surface area contributed by atoms with E-state index in [1.165, 1.54) is 32.4 Å². The van der Waals surface area contributed by atoms with Gasteiger partial charge < -0.3 is 15.0 Å². The summed E-state index contributed by atoms with van der Waals surface area (Å²) >= 11 is 3.37. The lowest BCUT2D eigenvalue weighted by Gasteiger charge is -2.35. The molecule has 0 spiro atoms. The lowest BCUT2D eigenvalue weighted by molar-refractivity contribution is 0.187. The third-order valence-corrected chi connectivity index (χ3v) is 4.60. The maximum atomic E-state index is 5.20. The SMILES string of the molecule is COc1nc(NC2CCN3CCCC3C2)ncc1Br. The molecule has 3 heterocycles. The van der Waals surface area contributed by atoms with E-state index < -0.39 is 0 Å². The van der Waals surface area contributed by atoms with Gasteiger partial charge in [-0.1, -0.05) is 0 Å². The van der Waals surface area contributed by atoms with Crippen molar-refractivity contribution in [2.45, 2.75) is 37.8 Å². The van der Waals surface area contributed by atoms with Gasteiger partial charge in [-0.25, -0.2) is 4.98 Å². The zero-order valence-corrected chi connectivity index (χ0v) is 12.7. The molecule has 2 aliphatic heterocycles. The molecule has 6 heteroatoms. The minimum Gasteiger partial charge on any atom is -0.480 e. The number of piperidine rings is 1. The number of ether oxygens (including phenoxy) is 1. The van der Waals surface area contributed by atoms with E-state index in [0.717, 1.165) is 16.9 Å². The smallest absolute Gasteiger partial charge is 0.232 e. The van der Waals surface area contributed by atoms with Crippen LogP contribution in [0.4, 0.5) is 5.95 Å². The molecule has 2 aliphatic rings. The fourth-order valence-electron chi connectivity index (χ4n) is 3.10. The van der Waals surface area contributed by atoms with Crippen molar-refractivity contribution >= 4 is 21.9 Å².